The Hall–Kier alpha value is -2.89. The van der Waals surface area contributed by atoms with Crippen molar-refractivity contribution >= 4 is 17.3 Å². The molecule has 0 atom stereocenters. The van der Waals surface area contributed by atoms with Crippen molar-refractivity contribution in [1.82, 2.24) is 4.90 Å². The number of nitrogens with one attached hydrogen (secondary N) is 1. The summed E-state index contributed by atoms with van der Waals surface area (Å²) in [5, 5.41) is 14.1. The minimum Gasteiger partial charge on any atom is -0.382 e. The summed E-state index contributed by atoms with van der Waals surface area (Å²) in [4.78, 5) is 24.7. The van der Waals surface area contributed by atoms with Crippen LogP contribution in [-0.4, -0.2) is 34.9 Å². The molecule has 130 valence electrons. The van der Waals surface area contributed by atoms with Gasteiger partial charge in [0.05, 0.1) is 4.92 Å². The summed E-state index contributed by atoms with van der Waals surface area (Å²) in [5.41, 5.74) is 2.83. The molecule has 1 aliphatic heterocycles. The molecule has 0 aromatic heterocycles. The topological polar surface area (TPSA) is 75.5 Å². The van der Waals surface area contributed by atoms with Crippen molar-refractivity contribution in [2.75, 3.05) is 18.4 Å². The highest BCUT2D eigenvalue weighted by molar-refractivity contribution is 5.94. The number of amides is 1. The first-order chi connectivity index (χ1) is 12.0. The number of nitro benzene ring substituents is 1. The Morgan fingerprint density at radius 2 is 1.68 bits per heavy atom. The van der Waals surface area contributed by atoms with Gasteiger partial charge in [-0.25, -0.2) is 0 Å². The SMILES string of the molecule is Cc1ccc(C(=O)N2CCC(Nc3ccc([N+](=O)[O-])cc3)CC2)cc1. The summed E-state index contributed by atoms with van der Waals surface area (Å²) in [6.45, 7) is 3.42. The number of rotatable bonds is 4. The molecular formula is C19H21N3O3. The lowest BCUT2D eigenvalue weighted by molar-refractivity contribution is -0.384. The highest BCUT2D eigenvalue weighted by atomic mass is 16.6. The lowest BCUT2D eigenvalue weighted by Gasteiger charge is -2.33. The molecule has 6 nitrogen and oxygen atoms in total. The van der Waals surface area contributed by atoms with Crippen molar-refractivity contribution in [2.45, 2.75) is 25.8 Å². The number of benzene rings is 2. The molecule has 0 aliphatic carbocycles. The maximum absolute atomic E-state index is 12.5. The van der Waals surface area contributed by atoms with E-state index >= 15 is 0 Å². The average Bonchev–Trinajstić information content (AvgIpc) is 2.63. The minimum atomic E-state index is -0.404. The Morgan fingerprint density at radius 1 is 1.08 bits per heavy atom. The zero-order valence-electron chi connectivity index (χ0n) is 14.1. The van der Waals surface area contributed by atoms with E-state index in [1.54, 1.807) is 12.1 Å². The van der Waals surface area contributed by atoms with Crippen LogP contribution in [0.15, 0.2) is 48.5 Å². The molecule has 1 saturated heterocycles. The van der Waals surface area contributed by atoms with E-state index < -0.39 is 4.92 Å². The number of hydrogen-bond acceptors (Lipinski definition) is 4. The van der Waals surface area contributed by atoms with Crippen molar-refractivity contribution in [3.05, 3.63) is 69.8 Å². The van der Waals surface area contributed by atoms with Gasteiger partial charge in [0.2, 0.25) is 0 Å². The molecule has 6 heteroatoms. The number of anilines is 1. The molecular weight excluding hydrogens is 318 g/mol. The zero-order valence-corrected chi connectivity index (χ0v) is 14.1. The van der Waals surface area contributed by atoms with E-state index in [0.29, 0.717) is 13.1 Å². The van der Waals surface area contributed by atoms with Gasteiger partial charge in [0, 0.05) is 42.5 Å². The molecule has 1 N–H and O–H groups in total. The van der Waals surface area contributed by atoms with Gasteiger partial charge < -0.3 is 10.2 Å². The third-order valence-corrected chi connectivity index (χ3v) is 4.53. The van der Waals surface area contributed by atoms with Gasteiger partial charge in [-0.2, -0.15) is 0 Å². The predicted octanol–water partition coefficient (Wildman–Crippen LogP) is 3.62. The van der Waals surface area contributed by atoms with Crippen LogP contribution in [0.5, 0.6) is 0 Å². The molecule has 3 rings (SSSR count). The number of non-ortho nitro benzene ring substituents is 1. The third kappa shape index (κ3) is 4.15. The molecule has 0 radical (unpaired) electrons. The summed E-state index contributed by atoms with van der Waals surface area (Å²) in [6.07, 6.45) is 1.71. The normalized spacial score (nSPS) is 15.0. The molecule has 0 unspecified atom stereocenters. The number of piperidine rings is 1. The second kappa shape index (κ2) is 7.34. The predicted molar refractivity (Wildman–Crippen MR) is 96.8 cm³/mol. The van der Waals surface area contributed by atoms with Gasteiger partial charge in [-0.3, -0.25) is 14.9 Å². The van der Waals surface area contributed by atoms with Crippen molar-refractivity contribution in [2.24, 2.45) is 0 Å². The number of nitrogens with zero attached hydrogens (tertiary/aromatic N) is 2. The van der Waals surface area contributed by atoms with Gasteiger partial charge in [-0.1, -0.05) is 17.7 Å². The molecule has 0 spiro atoms. The van der Waals surface area contributed by atoms with Gasteiger partial charge in [0.1, 0.15) is 0 Å². The van der Waals surface area contributed by atoms with Gasteiger partial charge in [-0.15, -0.1) is 0 Å². The van der Waals surface area contributed by atoms with E-state index in [1.165, 1.54) is 12.1 Å². The molecule has 1 amide bonds. The van der Waals surface area contributed by atoms with Crippen LogP contribution in [0.1, 0.15) is 28.8 Å². The van der Waals surface area contributed by atoms with E-state index in [0.717, 1.165) is 29.7 Å². The molecule has 1 heterocycles. The van der Waals surface area contributed by atoms with Crippen LogP contribution in [0.25, 0.3) is 0 Å². The van der Waals surface area contributed by atoms with E-state index in [4.69, 9.17) is 0 Å². The number of nitro groups is 1. The maximum atomic E-state index is 12.5. The first-order valence-corrected chi connectivity index (χ1v) is 8.40. The largest absolute Gasteiger partial charge is 0.382 e. The standard InChI is InChI=1S/C19H21N3O3/c1-14-2-4-15(5-3-14)19(23)21-12-10-17(11-13-21)20-16-6-8-18(9-7-16)22(24)25/h2-9,17,20H,10-13H2,1H3. The first kappa shape index (κ1) is 17.0. The van der Waals surface area contributed by atoms with Crippen LogP contribution in [0.4, 0.5) is 11.4 Å². The maximum Gasteiger partial charge on any atom is 0.269 e. The smallest absolute Gasteiger partial charge is 0.269 e. The fourth-order valence-electron chi connectivity index (χ4n) is 3.02. The minimum absolute atomic E-state index is 0.0776. The van der Waals surface area contributed by atoms with Crippen LogP contribution in [0, 0.1) is 17.0 Å². The van der Waals surface area contributed by atoms with E-state index in [2.05, 4.69) is 5.32 Å². The highest BCUT2D eigenvalue weighted by Gasteiger charge is 2.23. The summed E-state index contributed by atoms with van der Waals surface area (Å²) in [5.74, 6) is 0.0776. The summed E-state index contributed by atoms with van der Waals surface area (Å²) >= 11 is 0. The third-order valence-electron chi connectivity index (χ3n) is 4.53. The fourth-order valence-corrected chi connectivity index (χ4v) is 3.02. The quantitative estimate of drug-likeness (QED) is 0.682. The van der Waals surface area contributed by atoms with Crippen LogP contribution in [0.3, 0.4) is 0 Å². The number of aryl methyl sites for hydroxylation is 1. The Labute approximate surface area is 146 Å². The Balaban J connectivity index is 1.53. The molecule has 2 aromatic rings. The summed E-state index contributed by atoms with van der Waals surface area (Å²) in [6, 6.07) is 14.4. The molecule has 1 aliphatic rings. The van der Waals surface area contributed by atoms with Gasteiger partial charge >= 0.3 is 0 Å². The molecule has 1 fully saturated rings. The Bertz CT molecular complexity index is 748. The van der Waals surface area contributed by atoms with E-state index in [1.807, 2.05) is 36.1 Å². The lowest BCUT2D eigenvalue weighted by Crippen LogP contribution is -2.42. The van der Waals surface area contributed by atoms with E-state index in [9.17, 15) is 14.9 Å². The summed E-state index contributed by atoms with van der Waals surface area (Å²) < 4.78 is 0. The van der Waals surface area contributed by atoms with Crippen LogP contribution < -0.4 is 5.32 Å². The number of likely N-dealkylation sites (tertiary alicyclic amines) is 1. The van der Waals surface area contributed by atoms with Gasteiger partial charge in [0.25, 0.3) is 11.6 Å². The van der Waals surface area contributed by atoms with E-state index in [-0.39, 0.29) is 17.6 Å². The number of carbonyl (C=O) groups excluding carboxylic acids is 1. The second-order valence-corrected chi connectivity index (χ2v) is 6.38. The van der Waals surface area contributed by atoms with Gasteiger partial charge in [-0.05, 0) is 44.0 Å². The number of carbonyl (C=O) groups is 1. The first-order valence-electron chi connectivity index (χ1n) is 8.40. The zero-order chi connectivity index (χ0) is 17.8. The van der Waals surface area contributed by atoms with Crippen LogP contribution in [0.2, 0.25) is 0 Å². The lowest BCUT2D eigenvalue weighted by atomic mass is 10.0. The molecule has 0 saturated carbocycles. The second-order valence-electron chi connectivity index (χ2n) is 6.38. The van der Waals surface area contributed by atoms with Crippen LogP contribution in [-0.2, 0) is 0 Å². The number of hydrogen-bond donors (Lipinski definition) is 1. The van der Waals surface area contributed by atoms with Crippen molar-refractivity contribution in [3.63, 3.8) is 0 Å². The van der Waals surface area contributed by atoms with Crippen LogP contribution >= 0.6 is 0 Å². The molecule has 0 bridgehead atoms. The summed E-state index contributed by atoms with van der Waals surface area (Å²) in [7, 11) is 0. The monoisotopic (exact) mass is 339 g/mol. The fraction of sp³-hybridized carbons (Fsp3) is 0.316. The highest BCUT2D eigenvalue weighted by Crippen LogP contribution is 2.20. The molecule has 2 aromatic carbocycles. The van der Waals surface area contributed by atoms with Crippen molar-refractivity contribution < 1.29 is 9.72 Å². The van der Waals surface area contributed by atoms with Gasteiger partial charge in [0.15, 0.2) is 0 Å². The molecule has 25 heavy (non-hydrogen) atoms. The van der Waals surface area contributed by atoms with Crippen molar-refractivity contribution in [3.8, 4) is 0 Å². The Morgan fingerprint density at radius 3 is 2.24 bits per heavy atom. The average molecular weight is 339 g/mol. The van der Waals surface area contributed by atoms with Crippen molar-refractivity contribution in [1.29, 1.82) is 0 Å². The Kier molecular flexibility index (Phi) is 4.97.